The molecule has 1 aromatic heterocycles. The minimum Gasteiger partial charge on any atom is -0.507 e. The molecule has 10 heteroatoms. The first kappa shape index (κ1) is 24.6. The average molecular weight is 471 g/mol. The molecule has 0 spiro atoms. The van der Waals surface area contributed by atoms with E-state index in [0.29, 0.717) is 11.3 Å². The third kappa shape index (κ3) is 6.25. The third-order valence-corrected chi connectivity index (χ3v) is 4.98. The molecule has 0 aliphatic carbocycles. The number of aromatic nitrogens is 1. The molecule has 0 radical (unpaired) electrons. The molecule has 1 heterocycles. The topological polar surface area (TPSA) is 89.9 Å². The molecule has 0 unspecified atom stereocenters. The van der Waals surface area contributed by atoms with Crippen molar-refractivity contribution in [3.63, 3.8) is 0 Å². The first-order valence-electron chi connectivity index (χ1n) is 10.5. The number of phenols is 1. The van der Waals surface area contributed by atoms with Gasteiger partial charge in [-0.2, -0.15) is 18.3 Å². The van der Waals surface area contributed by atoms with Crippen LogP contribution in [0.1, 0.15) is 35.5 Å². The summed E-state index contributed by atoms with van der Waals surface area (Å²) >= 11 is 0. The second kappa shape index (κ2) is 10.7. The van der Waals surface area contributed by atoms with E-state index < -0.39 is 17.8 Å². The predicted molar refractivity (Wildman–Crippen MR) is 126 cm³/mol. The first-order valence-corrected chi connectivity index (χ1v) is 10.5. The minimum atomic E-state index is -4.56. The maximum atomic E-state index is 12.9. The lowest BCUT2D eigenvalue weighted by Crippen LogP contribution is -2.21. The van der Waals surface area contributed by atoms with Crippen LogP contribution in [-0.4, -0.2) is 35.3 Å². The number of anilines is 3. The minimum absolute atomic E-state index is 0.0316. The van der Waals surface area contributed by atoms with Gasteiger partial charge in [0.1, 0.15) is 11.4 Å². The van der Waals surface area contributed by atoms with Crippen LogP contribution in [0.5, 0.6) is 5.75 Å². The lowest BCUT2D eigenvalue weighted by Gasteiger charge is -2.21. The summed E-state index contributed by atoms with van der Waals surface area (Å²) < 4.78 is 38.6. The molecule has 0 aliphatic heterocycles. The van der Waals surface area contributed by atoms with Gasteiger partial charge in [0.25, 0.3) is 5.91 Å². The number of alkyl halides is 3. The Morgan fingerprint density at radius 2 is 1.82 bits per heavy atom. The number of aromatic hydroxyl groups is 1. The fraction of sp³-hybridized carbons (Fsp3) is 0.208. The average Bonchev–Trinajstić information content (AvgIpc) is 2.81. The van der Waals surface area contributed by atoms with Crippen molar-refractivity contribution in [1.82, 2.24) is 10.4 Å². The van der Waals surface area contributed by atoms with Crippen LogP contribution in [0.2, 0.25) is 0 Å². The molecule has 0 atom stereocenters. The van der Waals surface area contributed by atoms with Crippen molar-refractivity contribution in [3.05, 3.63) is 77.6 Å². The molecular formula is C24H24F3N5O2. The highest BCUT2D eigenvalue weighted by Gasteiger charge is 2.32. The van der Waals surface area contributed by atoms with Crippen LogP contribution in [0.15, 0.2) is 65.9 Å². The molecule has 0 saturated carbocycles. The Balaban J connectivity index is 1.66. The van der Waals surface area contributed by atoms with Crippen molar-refractivity contribution in [1.29, 1.82) is 0 Å². The van der Waals surface area contributed by atoms with Gasteiger partial charge in [0.2, 0.25) is 0 Å². The Bertz CT molecular complexity index is 1180. The molecule has 2 aromatic carbocycles. The number of benzene rings is 2. The fourth-order valence-electron chi connectivity index (χ4n) is 3.22. The smallest absolute Gasteiger partial charge is 0.433 e. The second-order valence-electron chi connectivity index (χ2n) is 7.25. The van der Waals surface area contributed by atoms with Gasteiger partial charge in [-0.3, -0.25) is 9.78 Å². The van der Waals surface area contributed by atoms with Crippen LogP contribution < -0.4 is 15.6 Å². The molecule has 0 saturated heterocycles. The van der Waals surface area contributed by atoms with Gasteiger partial charge >= 0.3 is 6.18 Å². The van der Waals surface area contributed by atoms with E-state index in [2.05, 4.69) is 25.7 Å². The van der Waals surface area contributed by atoms with Crippen molar-refractivity contribution in [2.75, 3.05) is 23.3 Å². The molecule has 178 valence electrons. The van der Waals surface area contributed by atoms with E-state index in [4.69, 9.17) is 0 Å². The summed E-state index contributed by atoms with van der Waals surface area (Å²) in [6, 6.07) is 13.7. The highest BCUT2D eigenvalue weighted by Crippen LogP contribution is 2.29. The Morgan fingerprint density at radius 3 is 2.50 bits per heavy atom. The standard InChI is InChI=1S/C24H24F3N5O2/c1-3-32(4-2)20-9-8-17(21(33)14-20)15-29-31-23(34)16-6-5-7-18(12-16)30-19-10-11-28-22(13-19)24(25,26)27/h5-15,33H,3-4H2,1-2H3,(H,28,30)(H,31,34)/b29-15+. The van der Waals surface area contributed by atoms with Crippen molar-refractivity contribution in [3.8, 4) is 5.75 Å². The zero-order valence-corrected chi connectivity index (χ0v) is 18.6. The van der Waals surface area contributed by atoms with Crippen molar-refractivity contribution in [2.45, 2.75) is 20.0 Å². The van der Waals surface area contributed by atoms with E-state index >= 15 is 0 Å². The summed E-state index contributed by atoms with van der Waals surface area (Å²) in [6.45, 7) is 5.65. The molecule has 3 N–H and O–H groups in total. The zero-order chi connectivity index (χ0) is 24.7. The van der Waals surface area contributed by atoms with Gasteiger partial charge in [0.05, 0.1) is 6.21 Å². The van der Waals surface area contributed by atoms with E-state index in [9.17, 15) is 23.1 Å². The zero-order valence-electron chi connectivity index (χ0n) is 18.6. The number of halogens is 3. The van der Waals surface area contributed by atoms with Crippen LogP contribution in [-0.2, 0) is 6.18 Å². The molecule has 3 rings (SSSR count). The highest BCUT2D eigenvalue weighted by atomic mass is 19.4. The van der Waals surface area contributed by atoms with Crippen LogP contribution in [0.25, 0.3) is 0 Å². The molecule has 1 amide bonds. The molecule has 34 heavy (non-hydrogen) atoms. The van der Waals surface area contributed by atoms with Crippen LogP contribution in [0.3, 0.4) is 0 Å². The molecule has 0 aliphatic rings. The number of nitrogens with one attached hydrogen (secondary N) is 2. The molecule has 0 fully saturated rings. The number of amides is 1. The Kier molecular flexibility index (Phi) is 7.72. The van der Waals surface area contributed by atoms with Crippen LogP contribution in [0.4, 0.5) is 30.2 Å². The second-order valence-corrected chi connectivity index (χ2v) is 7.25. The summed E-state index contributed by atoms with van der Waals surface area (Å²) in [6.07, 6.45) is -2.17. The number of hydrogen-bond donors (Lipinski definition) is 3. The molecule has 0 bridgehead atoms. The Labute approximate surface area is 194 Å². The van der Waals surface area contributed by atoms with Gasteiger partial charge in [-0.15, -0.1) is 0 Å². The van der Waals surface area contributed by atoms with E-state index in [1.54, 1.807) is 30.3 Å². The summed E-state index contributed by atoms with van der Waals surface area (Å²) in [5.74, 6) is -0.492. The maximum absolute atomic E-state index is 12.9. The first-order chi connectivity index (χ1) is 16.2. The van der Waals surface area contributed by atoms with Gasteiger partial charge in [0.15, 0.2) is 0 Å². The fourth-order valence-corrected chi connectivity index (χ4v) is 3.22. The predicted octanol–water partition coefficient (Wildman–Crippen LogP) is 5.16. The third-order valence-electron chi connectivity index (χ3n) is 4.98. The van der Waals surface area contributed by atoms with Gasteiger partial charge in [-0.25, -0.2) is 5.43 Å². The highest BCUT2D eigenvalue weighted by molar-refractivity contribution is 5.96. The number of rotatable bonds is 8. The number of nitrogens with zero attached hydrogens (tertiary/aromatic N) is 3. The van der Waals surface area contributed by atoms with Crippen molar-refractivity contribution < 1.29 is 23.1 Å². The van der Waals surface area contributed by atoms with Gasteiger partial charge < -0.3 is 15.3 Å². The number of hydrazone groups is 1. The lowest BCUT2D eigenvalue weighted by molar-refractivity contribution is -0.141. The maximum Gasteiger partial charge on any atom is 0.433 e. The van der Waals surface area contributed by atoms with E-state index in [0.717, 1.165) is 31.0 Å². The van der Waals surface area contributed by atoms with E-state index in [1.807, 2.05) is 19.9 Å². The normalized spacial score (nSPS) is 11.4. The molecule has 3 aromatic rings. The van der Waals surface area contributed by atoms with Gasteiger partial charge in [-0.05, 0) is 56.3 Å². The number of pyridine rings is 1. The largest absolute Gasteiger partial charge is 0.507 e. The Morgan fingerprint density at radius 1 is 1.09 bits per heavy atom. The van der Waals surface area contributed by atoms with Gasteiger partial charge in [-0.1, -0.05) is 6.07 Å². The van der Waals surface area contributed by atoms with Crippen LogP contribution >= 0.6 is 0 Å². The van der Waals surface area contributed by atoms with Crippen molar-refractivity contribution >= 4 is 29.2 Å². The van der Waals surface area contributed by atoms with E-state index in [-0.39, 0.29) is 17.0 Å². The lowest BCUT2D eigenvalue weighted by atomic mass is 10.2. The summed E-state index contributed by atoms with van der Waals surface area (Å²) in [7, 11) is 0. The summed E-state index contributed by atoms with van der Waals surface area (Å²) in [5.41, 5.74) is 3.51. The molecular weight excluding hydrogens is 447 g/mol. The Hall–Kier alpha value is -4.08. The number of hydrogen-bond acceptors (Lipinski definition) is 6. The number of carbonyl (C=O) groups is 1. The van der Waals surface area contributed by atoms with Crippen molar-refractivity contribution in [2.24, 2.45) is 5.10 Å². The quantitative estimate of drug-likeness (QED) is 0.312. The summed E-state index contributed by atoms with van der Waals surface area (Å²) in [4.78, 5) is 17.9. The molecule has 7 nitrogen and oxygen atoms in total. The number of phenolic OH excluding ortho intramolecular Hbond substituents is 1. The monoisotopic (exact) mass is 471 g/mol. The van der Waals surface area contributed by atoms with E-state index in [1.165, 1.54) is 18.3 Å². The number of carbonyl (C=O) groups excluding carboxylic acids is 1. The van der Waals surface area contributed by atoms with Gasteiger partial charge in [0, 0.05) is 53.5 Å². The van der Waals surface area contributed by atoms with Crippen LogP contribution in [0, 0.1) is 0 Å². The SMILES string of the molecule is CCN(CC)c1ccc(/C=N/NC(=O)c2cccc(Nc3ccnc(C(F)(F)F)c3)c2)c(O)c1. The summed E-state index contributed by atoms with van der Waals surface area (Å²) in [5, 5.41) is 17.0.